The van der Waals surface area contributed by atoms with E-state index >= 15 is 0 Å². The maximum atomic E-state index is 12.2. The molecule has 0 radical (unpaired) electrons. The lowest BCUT2D eigenvalue weighted by molar-refractivity contribution is 0.0452. The number of benzene rings is 1. The minimum absolute atomic E-state index is 0.0603. The molecule has 1 unspecified atom stereocenters. The first-order chi connectivity index (χ1) is 13.2. The van der Waals surface area contributed by atoms with Crippen LogP contribution in [0.5, 0.6) is 5.75 Å². The number of carbonyl (C=O) groups excluding carboxylic acids is 1. The van der Waals surface area contributed by atoms with Crippen molar-refractivity contribution in [2.75, 3.05) is 13.2 Å². The molecule has 1 heterocycles. The van der Waals surface area contributed by atoms with E-state index in [1.165, 1.54) is 0 Å². The first-order valence-electron chi connectivity index (χ1n) is 9.97. The molecule has 1 aliphatic rings. The number of nitrogens with one attached hydrogen (secondary N) is 2. The third kappa shape index (κ3) is 6.04. The van der Waals surface area contributed by atoms with Gasteiger partial charge in [-0.05, 0) is 39.7 Å². The van der Waals surface area contributed by atoms with Crippen molar-refractivity contribution < 1.29 is 14.3 Å². The number of ether oxygens (including phenoxy) is 2. The lowest BCUT2D eigenvalue weighted by Gasteiger charge is -2.33. The van der Waals surface area contributed by atoms with Crippen molar-refractivity contribution in [2.45, 2.75) is 71.1 Å². The van der Waals surface area contributed by atoms with Gasteiger partial charge in [-0.2, -0.15) is 0 Å². The van der Waals surface area contributed by atoms with Gasteiger partial charge in [-0.25, -0.2) is 4.79 Å². The second kappa shape index (κ2) is 9.17. The number of aliphatic imine (C=N–C) groups is 1. The normalized spacial score (nSPS) is 17.3. The number of fused-ring (bicyclic) bond motifs is 1. The number of rotatable bonds is 6. The standard InChI is InChI=1S/C21H34N4O3/c1-6-21(7-2,25-19(26)28-20(3,4)5)14-23-18(22)24-16-12-13-27-17-11-9-8-10-15(16)17/h8-11,16H,6-7,12-14H2,1-5H3,(H,25,26)(H3,22,23,24). The summed E-state index contributed by atoms with van der Waals surface area (Å²) in [6.45, 7) is 10.6. The molecule has 0 saturated heterocycles. The summed E-state index contributed by atoms with van der Waals surface area (Å²) >= 11 is 0. The van der Waals surface area contributed by atoms with Crippen LogP contribution in [0.1, 0.15) is 65.5 Å². The monoisotopic (exact) mass is 390 g/mol. The minimum Gasteiger partial charge on any atom is -0.493 e. The highest BCUT2D eigenvalue weighted by atomic mass is 16.6. The zero-order valence-corrected chi connectivity index (χ0v) is 17.7. The van der Waals surface area contributed by atoms with Crippen LogP contribution in [0.2, 0.25) is 0 Å². The van der Waals surface area contributed by atoms with Crippen molar-refractivity contribution in [1.82, 2.24) is 10.6 Å². The summed E-state index contributed by atoms with van der Waals surface area (Å²) in [4.78, 5) is 16.8. The highest BCUT2D eigenvalue weighted by Gasteiger charge is 2.30. The molecule has 28 heavy (non-hydrogen) atoms. The molecule has 156 valence electrons. The molecule has 1 amide bonds. The fourth-order valence-corrected chi connectivity index (χ4v) is 3.16. The maximum Gasteiger partial charge on any atom is 0.408 e. The van der Waals surface area contributed by atoms with E-state index in [4.69, 9.17) is 15.2 Å². The molecule has 0 aromatic heterocycles. The number of nitrogens with two attached hydrogens (primary N) is 1. The first kappa shape index (κ1) is 21.9. The molecule has 1 aromatic carbocycles. The van der Waals surface area contributed by atoms with Crippen molar-refractivity contribution in [2.24, 2.45) is 10.7 Å². The Balaban J connectivity index is 2.03. The lowest BCUT2D eigenvalue weighted by Crippen LogP contribution is -2.52. The zero-order chi connectivity index (χ0) is 20.8. The molecule has 0 fully saturated rings. The van der Waals surface area contributed by atoms with E-state index in [1.807, 2.05) is 58.9 Å². The summed E-state index contributed by atoms with van der Waals surface area (Å²) in [6, 6.07) is 7.99. The summed E-state index contributed by atoms with van der Waals surface area (Å²) in [5, 5.41) is 6.28. The Morgan fingerprint density at radius 2 is 1.96 bits per heavy atom. The number of guanidine groups is 1. The highest BCUT2D eigenvalue weighted by Crippen LogP contribution is 2.31. The van der Waals surface area contributed by atoms with E-state index in [0.717, 1.165) is 30.6 Å². The van der Waals surface area contributed by atoms with Gasteiger partial charge in [0.1, 0.15) is 11.4 Å². The Hall–Kier alpha value is -2.44. The van der Waals surface area contributed by atoms with E-state index in [9.17, 15) is 4.79 Å². The Morgan fingerprint density at radius 1 is 1.29 bits per heavy atom. The van der Waals surface area contributed by atoms with Gasteiger partial charge in [-0.1, -0.05) is 32.0 Å². The zero-order valence-electron chi connectivity index (χ0n) is 17.7. The average Bonchev–Trinajstić information content (AvgIpc) is 2.64. The Labute approximate surface area is 168 Å². The molecule has 2 rings (SSSR count). The van der Waals surface area contributed by atoms with Gasteiger partial charge in [0, 0.05) is 12.0 Å². The summed E-state index contributed by atoms with van der Waals surface area (Å²) in [7, 11) is 0. The molecule has 0 saturated carbocycles. The van der Waals surface area contributed by atoms with Gasteiger partial charge >= 0.3 is 6.09 Å². The minimum atomic E-state index is -0.544. The van der Waals surface area contributed by atoms with E-state index in [1.54, 1.807) is 0 Å². The van der Waals surface area contributed by atoms with Crippen molar-refractivity contribution in [1.29, 1.82) is 0 Å². The van der Waals surface area contributed by atoms with E-state index in [-0.39, 0.29) is 6.04 Å². The smallest absolute Gasteiger partial charge is 0.408 e. The second-order valence-electron chi connectivity index (χ2n) is 8.19. The van der Waals surface area contributed by atoms with Crippen LogP contribution in [0.25, 0.3) is 0 Å². The second-order valence-corrected chi connectivity index (χ2v) is 8.19. The number of alkyl carbamates (subject to hydrolysis) is 1. The quantitative estimate of drug-likeness (QED) is 0.510. The van der Waals surface area contributed by atoms with Crippen molar-refractivity contribution >= 4 is 12.1 Å². The van der Waals surface area contributed by atoms with Crippen LogP contribution >= 0.6 is 0 Å². The Bertz CT molecular complexity index is 693. The molecule has 7 nitrogen and oxygen atoms in total. The largest absolute Gasteiger partial charge is 0.493 e. The molecule has 0 aliphatic carbocycles. The highest BCUT2D eigenvalue weighted by molar-refractivity contribution is 5.78. The molecule has 0 bridgehead atoms. The third-order valence-electron chi connectivity index (χ3n) is 4.95. The summed E-state index contributed by atoms with van der Waals surface area (Å²) in [5.41, 5.74) is 6.20. The van der Waals surface area contributed by atoms with Crippen LogP contribution in [0.3, 0.4) is 0 Å². The summed E-state index contributed by atoms with van der Waals surface area (Å²) in [5.74, 6) is 1.24. The van der Waals surface area contributed by atoms with Crippen LogP contribution in [0.15, 0.2) is 29.3 Å². The van der Waals surface area contributed by atoms with Gasteiger partial charge in [-0.3, -0.25) is 4.99 Å². The first-order valence-corrected chi connectivity index (χ1v) is 9.97. The number of para-hydroxylation sites is 1. The lowest BCUT2D eigenvalue weighted by atomic mass is 9.93. The van der Waals surface area contributed by atoms with Gasteiger partial charge < -0.3 is 25.8 Å². The fourth-order valence-electron chi connectivity index (χ4n) is 3.16. The van der Waals surface area contributed by atoms with Crippen LogP contribution in [0, 0.1) is 0 Å². The van der Waals surface area contributed by atoms with Crippen LogP contribution in [-0.2, 0) is 4.74 Å². The molecule has 1 aliphatic heterocycles. The van der Waals surface area contributed by atoms with E-state index in [2.05, 4.69) is 15.6 Å². The molecule has 7 heteroatoms. The molecule has 1 aromatic rings. The van der Waals surface area contributed by atoms with Crippen molar-refractivity contribution in [3.63, 3.8) is 0 Å². The predicted octanol–water partition coefficient (Wildman–Crippen LogP) is 3.50. The number of hydrogen-bond acceptors (Lipinski definition) is 4. The third-order valence-corrected chi connectivity index (χ3v) is 4.95. The Morgan fingerprint density at radius 3 is 2.61 bits per heavy atom. The number of amides is 1. The predicted molar refractivity (Wildman–Crippen MR) is 112 cm³/mol. The molecule has 4 N–H and O–H groups in total. The van der Waals surface area contributed by atoms with Crippen LogP contribution < -0.4 is 21.1 Å². The van der Waals surface area contributed by atoms with Crippen molar-refractivity contribution in [3.05, 3.63) is 29.8 Å². The molecular weight excluding hydrogens is 356 g/mol. The summed E-state index contributed by atoms with van der Waals surface area (Å²) in [6.07, 6.45) is 1.83. The number of hydrogen-bond donors (Lipinski definition) is 3. The van der Waals surface area contributed by atoms with Crippen LogP contribution in [-0.4, -0.2) is 36.3 Å². The van der Waals surface area contributed by atoms with Gasteiger partial charge in [0.05, 0.1) is 24.7 Å². The maximum absolute atomic E-state index is 12.2. The van der Waals surface area contributed by atoms with E-state index < -0.39 is 17.2 Å². The number of nitrogens with zero attached hydrogens (tertiary/aromatic N) is 1. The fraction of sp³-hybridized carbons (Fsp3) is 0.619. The van der Waals surface area contributed by atoms with Crippen LogP contribution in [0.4, 0.5) is 4.79 Å². The van der Waals surface area contributed by atoms with Gasteiger partial charge in [-0.15, -0.1) is 0 Å². The average molecular weight is 391 g/mol. The van der Waals surface area contributed by atoms with Gasteiger partial charge in [0.15, 0.2) is 5.96 Å². The SMILES string of the molecule is CCC(CC)(CN=C(N)NC1CCOc2ccccc21)NC(=O)OC(C)(C)C. The molecule has 0 spiro atoms. The number of carbonyl (C=O) groups is 1. The molecular formula is C21H34N4O3. The topological polar surface area (TPSA) is 98.0 Å². The van der Waals surface area contributed by atoms with E-state index in [0.29, 0.717) is 19.1 Å². The van der Waals surface area contributed by atoms with Gasteiger partial charge in [0.25, 0.3) is 0 Å². The Kier molecular flexibility index (Phi) is 7.16. The van der Waals surface area contributed by atoms with Crippen molar-refractivity contribution in [3.8, 4) is 5.75 Å². The summed E-state index contributed by atoms with van der Waals surface area (Å²) < 4.78 is 11.1. The molecule has 1 atom stereocenters. The van der Waals surface area contributed by atoms with Gasteiger partial charge in [0.2, 0.25) is 0 Å².